The van der Waals surface area contributed by atoms with Crippen LogP contribution in [0.5, 0.6) is 5.75 Å². The van der Waals surface area contributed by atoms with E-state index in [0.717, 1.165) is 0 Å². The largest absolute Gasteiger partial charge is 0.508 e. The summed E-state index contributed by atoms with van der Waals surface area (Å²) in [6, 6.07) is 18.6. The average molecular weight is 310 g/mol. The van der Waals surface area contributed by atoms with Crippen LogP contribution >= 0.6 is 0 Å². The van der Waals surface area contributed by atoms with Crippen molar-refractivity contribution in [3.63, 3.8) is 0 Å². The maximum Gasteiger partial charge on any atom is 0.115 e. The van der Waals surface area contributed by atoms with Crippen molar-refractivity contribution in [1.29, 1.82) is 0 Å². The van der Waals surface area contributed by atoms with Crippen LogP contribution in [0.3, 0.4) is 0 Å². The fraction of sp³-hybridized carbons (Fsp3) is 0.455. The molecule has 0 amide bonds. The molecule has 1 N–H and O–H groups in total. The number of hydrogen-bond donors (Lipinski definition) is 1. The van der Waals surface area contributed by atoms with Gasteiger partial charge in [0.2, 0.25) is 0 Å². The third kappa shape index (κ3) is 5.74. The van der Waals surface area contributed by atoms with E-state index in [4.69, 9.17) is 0 Å². The van der Waals surface area contributed by atoms with E-state index in [2.05, 4.69) is 63.2 Å². The molecule has 0 saturated heterocycles. The molecule has 0 aliphatic carbocycles. The van der Waals surface area contributed by atoms with E-state index in [1.165, 1.54) is 36.8 Å². The maximum absolute atomic E-state index is 9.50. The van der Waals surface area contributed by atoms with Gasteiger partial charge in [-0.1, -0.05) is 69.7 Å². The minimum Gasteiger partial charge on any atom is -0.508 e. The summed E-state index contributed by atoms with van der Waals surface area (Å²) in [5, 5.41) is 9.50. The molecule has 0 heterocycles. The molecule has 1 nitrogen and oxygen atoms in total. The third-order valence-corrected chi connectivity index (χ3v) is 4.68. The Morgan fingerprint density at radius 2 is 1.43 bits per heavy atom. The van der Waals surface area contributed by atoms with Crippen molar-refractivity contribution in [3.8, 4) is 5.75 Å². The van der Waals surface area contributed by atoms with Gasteiger partial charge in [-0.3, -0.25) is 0 Å². The Labute approximate surface area is 141 Å². The average Bonchev–Trinajstić information content (AvgIpc) is 2.55. The zero-order valence-electron chi connectivity index (χ0n) is 14.7. The van der Waals surface area contributed by atoms with Crippen molar-refractivity contribution in [2.45, 2.75) is 58.3 Å². The quantitative estimate of drug-likeness (QED) is 0.590. The molecule has 2 rings (SSSR count). The van der Waals surface area contributed by atoms with Crippen molar-refractivity contribution in [2.75, 3.05) is 0 Å². The van der Waals surface area contributed by atoms with Gasteiger partial charge < -0.3 is 5.11 Å². The summed E-state index contributed by atoms with van der Waals surface area (Å²) in [7, 11) is 0. The van der Waals surface area contributed by atoms with Crippen LogP contribution in [0.2, 0.25) is 0 Å². The second-order valence-corrected chi connectivity index (χ2v) is 7.16. The number of aromatic hydroxyl groups is 1. The molecule has 0 aromatic heterocycles. The van der Waals surface area contributed by atoms with Crippen molar-refractivity contribution in [3.05, 3.63) is 65.7 Å². The van der Waals surface area contributed by atoms with E-state index in [0.29, 0.717) is 23.5 Å². The zero-order valence-corrected chi connectivity index (χ0v) is 14.7. The molecule has 0 fully saturated rings. The summed E-state index contributed by atoms with van der Waals surface area (Å²) in [6.07, 6.45) is 4.91. The van der Waals surface area contributed by atoms with Gasteiger partial charge in [-0.15, -0.1) is 0 Å². The molecule has 2 aromatic rings. The molecular formula is C22H30O. The predicted octanol–water partition coefficient (Wildman–Crippen LogP) is 6.50. The molecule has 2 unspecified atom stereocenters. The van der Waals surface area contributed by atoms with Crippen LogP contribution < -0.4 is 0 Å². The molecule has 2 atom stereocenters. The Bertz CT molecular complexity index is 556. The number of phenolic OH excluding ortho intramolecular Hbond substituents is 1. The molecule has 0 radical (unpaired) electrons. The fourth-order valence-corrected chi connectivity index (χ4v) is 3.35. The lowest BCUT2D eigenvalue weighted by molar-refractivity contribution is 0.449. The standard InChI is InChI=1S/C22H30O/c1-17(2)16-21(20-12-14-22(23)15-13-20)11-7-8-18(3)19-9-5-4-6-10-19/h4-6,9-10,12-15,17-18,21,23H,7-8,11,16H2,1-3H3. The maximum atomic E-state index is 9.50. The lowest BCUT2D eigenvalue weighted by atomic mass is 9.85. The topological polar surface area (TPSA) is 20.2 Å². The minimum absolute atomic E-state index is 0.356. The summed E-state index contributed by atoms with van der Waals surface area (Å²) in [5.74, 6) is 2.27. The fourth-order valence-electron chi connectivity index (χ4n) is 3.35. The van der Waals surface area contributed by atoms with Crippen molar-refractivity contribution in [2.24, 2.45) is 5.92 Å². The number of phenols is 1. The van der Waals surface area contributed by atoms with Gasteiger partial charge in [-0.05, 0) is 60.3 Å². The van der Waals surface area contributed by atoms with Gasteiger partial charge in [-0.25, -0.2) is 0 Å². The molecule has 0 bridgehead atoms. The Balaban J connectivity index is 1.92. The zero-order chi connectivity index (χ0) is 16.7. The van der Waals surface area contributed by atoms with E-state index in [-0.39, 0.29) is 0 Å². The van der Waals surface area contributed by atoms with Gasteiger partial charge >= 0.3 is 0 Å². The van der Waals surface area contributed by atoms with E-state index in [1.54, 1.807) is 0 Å². The van der Waals surface area contributed by atoms with Gasteiger partial charge in [0, 0.05) is 0 Å². The second-order valence-electron chi connectivity index (χ2n) is 7.16. The molecule has 0 spiro atoms. The highest BCUT2D eigenvalue weighted by Gasteiger charge is 2.14. The molecular weight excluding hydrogens is 280 g/mol. The normalized spacial score (nSPS) is 13.9. The first-order valence-corrected chi connectivity index (χ1v) is 8.90. The highest BCUT2D eigenvalue weighted by atomic mass is 16.3. The Morgan fingerprint density at radius 3 is 2.04 bits per heavy atom. The van der Waals surface area contributed by atoms with Crippen LogP contribution in [0.15, 0.2) is 54.6 Å². The molecule has 0 aliphatic heterocycles. The van der Waals surface area contributed by atoms with Crippen LogP contribution in [0, 0.1) is 5.92 Å². The Hall–Kier alpha value is -1.76. The first kappa shape index (κ1) is 17.6. The second kappa shape index (κ2) is 8.76. The van der Waals surface area contributed by atoms with Crippen LogP contribution in [0.4, 0.5) is 0 Å². The summed E-state index contributed by atoms with van der Waals surface area (Å²) >= 11 is 0. The molecule has 2 aromatic carbocycles. The van der Waals surface area contributed by atoms with Crippen LogP contribution in [-0.2, 0) is 0 Å². The molecule has 1 heteroatoms. The van der Waals surface area contributed by atoms with E-state index < -0.39 is 0 Å². The lowest BCUT2D eigenvalue weighted by Gasteiger charge is -2.21. The van der Waals surface area contributed by atoms with Gasteiger partial charge in [0.05, 0.1) is 0 Å². The smallest absolute Gasteiger partial charge is 0.115 e. The van der Waals surface area contributed by atoms with Gasteiger partial charge in [0.25, 0.3) is 0 Å². The highest BCUT2D eigenvalue weighted by molar-refractivity contribution is 5.28. The first-order chi connectivity index (χ1) is 11.1. The number of rotatable bonds is 8. The molecule has 124 valence electrons. The predicted molar refractivity (Wildman–Crippen MR) is 99.0 cm³/mol. The minimum atomic E-state index is 0.356. The van der Waals surface area contributed by atoms with Gasteiger partial charge in [-0.2, -0.15) is 0 Å². The van der Waals surface area contributed by atoms with Crippen molar-refractivity contribution in [1.82, 2.24) is 0 Å². The van der Waals surface area contributed by atoms with Crippen molar-refractivity contribution < 1.29 is 5.11 Å². The molecule has 0 aliphatic rings. The summed E-state index contributed by atoms with van der Waals surface area (Å²) in [6.45, 7) is 6.91. The summed E-state index contributed by atoms with van der Waals surface area (Å²) in [5.41, 5.74) is 2.81. The summed E-state index contributed by atoms with van der Waals surface area (Å²) in [4.78, 5) is 0. The molecule has 23 heavy (non-hydrogen) atoms. The number of hydrogen-bond acceptors (Lipinski definition) is 1. The first-order valence-electron chi connectivity index (χ1n) is 8.90. The van der Waals surface area contributed by atoms with Crippen LogP contribution in [0.25, 0.3) is 0 Å². The summed E-state index contributed by atoms with van der Waals surface area (Å²) < 4.78 is 0. The van der Waals surface area contributed by atoms with Crippen LogP contribution in [0.1, 0.15) is 69.4 Å². The Morgan fingerprint density at radius 1 is 0.783 bits per heavy atom. The SMILES string of the molecule is CC(C)CC(CCCC(C)c1ccccc1)c1ccc(O)cc1. The van der Waals surface area contributed by atoms with Gasteiger partial charge in [0.15, 0.2) is 0 Å². The van der Waals surface area contributed by atoms with E-state index in [1.807, 2.05) is 12.1 Å². The monoisotopic (exact) mass is 310 g/mol. The third-order valence-electron chi connectivity index (χ3n) is 4.68. The lowest BCUT2D eigenvalue weighted by Crippen LogP contribution is -2.04. The molecule has 0 saturated carbocycles. The van der Waals surface area contributed by atoms with Gasteiger partial charge in [0.1, 0.15) is 5.75 Å². The highest BCUT2D eigenvalue weighted by Crippen LogP contribution is 2.31. The van der Waals surface area contributed by atoms with E-state index >= 15 is 0 Å². The number of benzene rings is 2. The Kier molecular flexibility index (Phi) is 6.70. The van der Waals surface area contributed by atoms with Crippen LogP contribution in [-0.4, -0.2) is 5.11 Å². The van der Waals surface area contributed by atoms with E-state index in [9.17, 15) is 5.11 Å². The van der Waals surface area contributed by atoms with Crippen molar-refractivity contribution >= 4 is 0 Å².